The Kier molecular flexibility index (Phi) is 8.26. The van der Waals surface area contributed by atoms with Crippen molar-refractivity contribution in [1.82, 2.24) is 15.1 Å². The van der Waals surface area contributed by atoms with Gasteiger partial charge >= 0.3 is 0 Å². The lowest BCUT2D eigenvalue weighted by Crippen LogP contribution is -2.59. The standard InChI is InChI=1S/C27H35N3O3/c1-19(2)25(28-24(31)15-12-22-8-6-5-7-9-22)27(33)29-16-17-30(21(4)18-29)26(32)23-13-10-20(3)11-14-23/h5-11,13-14,19,21,25H,12,15-18H2,1-4H3,(H,28,31). The number of nitrogens with one attached hydrogen (secondary N) is 1. The fourth-order valence-electron chi connectivity index (χ4n) is 4.18. The van der Waals surface area contributed by atoms with Crippen molar-refractivity contribution in [2.75, 3.05) is 19.6 Å². The summed E-state index contributed by atoms with van der Waals surface area (Å²) in [5.74, 6) is -0.232. The molecule has 1 N–H and O–H groups in total. The van der Waals surface area contributed by atoms with Gasteiger partial charge in [-0.1, -0.05) is 61.9 Å². The molecule has 0 radical (unpaired) electrons. The van der Waals surface area contributed by atoms with Crippen LogP contribution in [0.3, 0.4) is 0 Å². The highest BCUT2D eigenvalue weighted by Gasteiger charge is 2.34. The molecule has 2 aromatic rings. The predicted molar refractivity (Wildman–Crippen MR) is 130 cm³/mol. The van der Waals surface area contributed by atoms with Crippen molar-refractivity contribution < 1.29 is 14.4 Å². The van der Waals surface area contributed by atoms with Gasteiger partial charge in [-0.15, -0.1) is 0 Å². The molecule has 6 nitrogen and oxygen atoms in total. The van der Waals surface area contributed by atoms with Crippen LogP contribution in [0.15, 0.2) is 54.6 Å². The topological polar surface area (TPSA) is 69.7 Å². The summed E-state index contributed by atoms with van der Waals surface area (Å²) in [5, 5.41) is 2.95. The summed E-state index contributed by atoms with van der Waals surface area (Å²) in [4.78, 5) is 42.4. The molecule has 2 atom stereocenters. The lowest BCUT2D eigenvalue weighted by Gasteiger charge is -2.41. The molecule has 0 spiro atoms. The minimum Gasteiger partial charge on any atom is -0.344 e. The highest BCUT2D eigenvalue weighted by Crippen LogP contribution is 2.17. The van der Waals surface area contributed by atoms with Crippen LogP contribution in [0, 0.1) is 12.8 Å². The van der Waals surface area contributed by atoms with E-state index >= 15 is 0 Å². The van der Waals surface area contributed by atoms with E-state index in [1.807, 2.05) is 87.2 Å². The first kappa shape index (κ1) is 24.5. The zero-order valence-electron chi connectivity index (χ0n) is 20.1. The van der Waals surface area contributed by atoms with Gasteiger partial charge in [-0.05, 0) is 43.9 Å². The van der Waals surface area contributed by atoms with Crippen LogP contribution in [-0.4, -0.2) is 59.2 Å². The van der Waals surface area contributed by atoms with Gasteiger partial charge in [-0.25, -0.2) is 0 Å². The van der Waals surface area contributed by atoms with E-state index in [2.05, 4.69) is 5.32 Å². The first-order valence-corrected chi connectivity index (χ1v) is 11.8. The van der Waals surface area contributed by atoms with Gasteiger partial charge in [0.2, 0.25) is 11.8 Å². The number of amides is 3. The summed E-state index contributed by atoms with van der Waals surface area (Å²) in [6, 6.07) is 16.8. The Hall–Kier alpha value is -3.15. The Balaban J connectivity index is 1.57. The Labute approximate surface area is 197 Å². The minimum absolute atomic E-state index is 0.00998. The minimum atomic E-state index is -0.570. The van der Waals surface area contributed by atoms with Crippen LogP contribution in [0.2, 0.25) is 0 Å². The second-order valence-electron chi connectivity index (χ2n) is 9.27. The van der Waals surface area contributed by atoms with Crippen molar-refractivity contribution in [3.8, 4) is 0 Å². The van der Waals surface area contributed by atoms with E-state index in [0.717, 1.165) is 11.1 Å². The molecule has 1 heterocycles. The van der Waals surface area contributed by atoms with Gasteiger partial charge < -0.3 is 15.1 Å². The largest absolute Gasteiger partial charge is 0.344 e. The molecule has 3 amide bonds. The molecule has 1 aliphatic rings. The number of aryl methyl sites for hydroxylation is 2. The van der Waals surface area contributed by atoms with E-state index in [1.165, 1.54) is 0 Å². The predicted octanol–water partition coefficient (Wildman–Crippen LogP) is 3.44. The van der Waals surface area contributed by atoms with Crippen LogP contribution >= 0.6 is 0 Å². The van der Waals surface area contributed by atoms with Gasteiger partial charge in [-0.2, -0.15) is 0 Å². The number of hydrogen-bond acceptors (Lipinski definition) is 3. The zero-order valence-corrected chi connectivity index (χ0v) is 20.1. The van der Waals surface area contributed by atoms with Gasteiger partial charge in [-0.3, -0.25) is 14.4 Å². The molecular formula is C27H35N3O3. The Morgan fingerprint density at radius 1 is 1.00 bits per heavy atom. The second-order valence-corrected chi connectivity index (χ2v) is 9.27. The number of rotatable bonds is 7. The molecule has 6 heteroatoms. The average Bonchev–Trinajstić information content (AvgIpc) is 2.81. The van der Waals surface area contributed by atoms with Crippen LogP contribution in [0.25, 0.3) is 0 Å². The van der Waals surface area contributed by atoms with Crippen LogP contribution in [0.4, 0.5) is 0 Å². The molecule has 0 bridgehead atoms. The normalized spacial score (nSPS) is 17.1. The van der Waals surface area contributed by atoms with Crippen LogP contribution < -0.4 is 5.32 Å². The van der Waals surface area contributed by atoms with E-state index in [1.54, 1.807) is 4.90 Å². The summed E-state index contributed by atoms with van der Waals surface area (Å²) >= 11 is 0. The van der Waals surface area contributed by atoms with E-state index in [-0.39, 0.29) is 29.7 Å². The number of carbonyl (C=O) groups excluding carboxylic acids is 3. The third kappa shape index (κ3) is 6.44. The van der Waals surface area contributed by atoms with E-state index < -0.39 is 6.04 Å². The van der Waals surface area contributed by atoms with Gasteiger partial charge in [0, 0.05) is 37.7 Å². The summed E-state index contributed by atoms with van der Waals surface area (Å²) in [6.07, 6.45) is 0.984. The van der Waals surface area contributed by atoms with Crippen LogP contribution in [-0.2, 0) is 16.0 Å². The number of hydrogen-bond donors (Lipinski definition) is 1. The molecule has 33 heavy (non-hydrogen) atoms. The molecule has 0 saturated carbocycles. The van der Waals surface area contributed by atoms with Gasteiger partial charge in [0.1, 0.15) is 6.04 Å². The SMILES string of the molecule is Cc1ccc(C(=O)N2CCN(C(=O)C(NC(=O)CCc3ccccc3)C(C)C)CC2C)cc1. The summed E-state index contributed by atoms with van der Waals surface area (Å²) < 4.78 is 0. The fraction of sp³-hybridized carbons (Fsp3) is 0.444. The van der Waals surface area contributed by atoms with E-state index in [0.29, 0.717) is 38.0 Å². The summed E-state index contributed by atoms with van der Waals surface area (Å²) in [6.45, 7) is 9.25. The molecular weight excluding hydrogens is 414 g/mol. The van der Waals surface area contributed by atoms with E-state index in [9.17, 15) is 14.4 Å². The molecule has 2 aromatic carbocycles. The molecule has 176 valence electrons. The number of piperazine rings is 1. The van der Waals surface area contributed by atoms with Crippen molar-refractivity contribution in [1.29, 1.82) is 0 Å². The Morgan fingerprint density at radius 2 is 1.67 bits per heavy atom. The molecule has 2 unspecified atom stereocenters. The summed E-state index contributed by atoms with van der Waals surface area (Å²) in [5.41, 5.74) is 2.88. The van der Waals surface area contributed by atoms with Crippen molar-refractivity contribution >= 4 is 17.7 Å². The highest BCUT2D eigenvalue weighted by molar-refractivity contribution is 5.95. The van der Waals surface area contributed by atoms with Gasteiger partial charge in [0.15, 0.2) is 0 Å². The first-order valence-electron chi connectivity index (χ1n) is 11.8. The quantitative estimate of drug-likeness (QED) is 0.704. The maximum absolute atomic E-state index is 13.3. The number of carbonyl (C=O) groups is 3. The molecule has 3 rings (SSSR count). The van der Waals surface area contributed by atoms with Crippen molar-refractivity contribution in [3.63, 3.8) is 0 Å². The zero-order chi connectivity index (χ0) is 24.0. The van der Waals surface area contributed by atoms with Crippen molar-refractivity contribution in [2.24, 2.45) is 5.92 Å². The molecule has 0 aliphatic carbocycles. The number of benzene rings is 2. The highest BCUT2D eigenvalue weighted by atomic mass is 16.2. The molecule has 1 fully saturated rings. The Morgan fingerprint density at radius 3 is 2.27 bits per heavy atom. The smallest absolute Gasteiger partial charge is 0.254 e. The van der Waals surface area contributed by atoms with Crippen LogP contribution in [0.5, 0.6) is 0 Å². The third-order valence-electron chi connectivity index (χ3n) is 6.23. The van der Waals surface area contributed by atoms with Gasteiger partial charge in [0.25, 0.3) is 5.91 Å². The maximum Gasteiger partial charge on any atom is 0.254 e. The van der Waals surface area contributed by atoms with Gasteiger partial charge in [0.05, 0.1) is 0 Å². The fourth-order valence-corrected chi connectivity index (χ4v) is 4.18. The lowest BCUT2D eigenvalue weighted by molar-refractivity contribution is -0.139. The number of nitrogens with zero attached hydrogens (tertiary/aromatic N) is 2. The molecule has 0 aromatic heterocycles. The maximum atomic E-state index is 13.3. The average molecular weight is 450 g/mol. The molecule has 1 aliphatic heterocycles. The lowest BCUT2D eigenvalue weighted by atomic mass is 10.0. The summed E-state index contributed by atoms with van der Waals surface area (Å²) in [7, 11) is 0. The van der Waals surface area contributed by atoms with Crippen LogP contribution in [0.1, 0.15) is 48.7 Å². The van der Waals surface area contributed by atoms with Crippen molar-refractivity contribution in [2.45, 2.75) is 52.6 Å². The molecule has 1 saturated heterocycles. The first-order chi connectivity index (χ1) is 15.8. The Bertz CT molecular complexity index is 956. The third-order valence-corrected chi connectivity index (χ3v) is 6.23. The monoisotopic (exact) mass is 449 g/mol. The van der Waals surface area contributed by atoms with E-state index in [4.69, 9.17) is 0 Å². The van der Waals surface area contributed by atoms with Crippen molar-refractivity contribution in [3.05, 3.63) is 71.3 Å². The second kappa shape index (κ2) is 11.1.